The van der Waals surface area contributed by atoms with Gasteiger partial charge in [-0.25, -0.2) is 14.0 Å². The molecular weight excluding hydrogens is 721 g/mol. The highest BCUT2D eigenvalue weighted by atomic mass is 79.9. The van der Waals surface area contributed by atoms with Crippen LogP contribution in [-0.4, -0.2) is 84.1 Å². The minimum Gasteiger partial charge on any atom is -0.445 e. The first-order chi connectivity index (χ1) is 22.3. The molecule has 9 nitrogen and oxygen atoms in total. The molecule has 3 aliphatic rings. The normalized spacial score (nSPS) is 22.1. The van der Waals surface area contributed by atoms with Crippen LogP contribution in [0.5, 0.6) is 0 Å². The third-order valence-electron chi connectivity index (χ3n) is 9.37. The molecule has 0 spiro atoms. The number of rotatable bonds is 7. The summed E-state index contributed by atoms with van der Waals surface area (Å²) < 4.78 is 21.2. The number of carbonyl (C=O) groups excluding carboxylic acids is 3. The maximum absolute atomic E-state index is 13.9. The molecule has 242 valence electrons. The first kappa shape index (κ1) is 32.5. The number of aldehydes is 1. The highest BCUT2D eigenvalue weighted by molar-refractivity contribution is 9.13. The molecule has 3 aromatic rings. The number of ether oxygens (including phenoxy) is 1. The fourth-order valence-corrected chi connectivity index (χ4v) is 7.66. The number of urea groups is 1. The Bertz CT molecular complexity index is 1590. The van der Waals surface area contributed by atoms with Crippen LogP contribution in [0.25, 0.3) is 0 Å². The summed E-state index contributed by atoms with van der Waals surface area (Å²) >= 11 is 6.98. The first-order valence-electron chi connectivity index (χ1n) is 15.5. The number of carbonyl (C=O) groups is 3. The average molecular weight is 757 g/mol. The van der Waals surface area contributed by atoms with Crippen molar-refractivity contribution in [2.75, 3.05) is 49.5 Å². The summed E-state index contributed by atoms with van der Waals surface area (Å²) in [6, 6.07) is 19.6. The third-order valence-corrected chi connectivity index (χ3v) is 11.3. The number of amides is 3. The molecule has 0 bridgehead atoms. The molecule has 3 heterocycles. The number of benzene rings is 3. The summed E-state index contributed by atoms with van der Waals surface area (Å²) in [6.07, 6.45) is 2.13. The zero-order chi connectivity index (χ0) is 32.3. The van der Waals surface area contributed by atoms with Crippen LogP contribution in [0.4, 0.5) is 25.4 Å². The quantitative estimate of drug-likeness (QED) is 0.272. The van der Waals surface area contributed by atoms with Gasteiger partial charge in [-0.05, 0) is 98.3 Å². The number of hydrogen-bond donors (Lipinski definition) is 1. The van der Waals surface area contributed by atoms with Gasteiger partial charge in [0, 0.05) is 78.5 Å². The van der Waals surface area contributed by atoms with Crippen LogP contribution in [-0.2, 0) is 22.6 Å². The maximum Gasteiger partial charge on any atom is 0.411 e. The van der Waals surface area contributed by atoms with Crippen LogP contribution in [0.3, 0.4) is 0 Å². The number of nitrogens with zero attached hydrogens (tertiary/aromatic N) is 4. The second-order valence-electron chi connectivity index (χ2n) is 11.9. The molecule has 0 aromatic heterocycles. The lowest BCUT2D eigenvalue weighted by atomic mass is 9.86. The van der Waals surface area contributed by atoms with E-state index in [1.807, 2.05) is 47.4 Å². The van der Waals surface area contributed by atoms with E-state index in [0.717, 1.165) is 37.7 Å². The topological polar surface area (TPSA) is 85.4 Å². The van der Waals surface area contributed by atoms with Gasteiger partial charge in [-0.15, -0.1) is 0 Å². The first-order valence-corrected chi connectivity index (χ1v) is 17.1. The molecule has 0 saturated carbocycles. The van der Waals surface area contributed by atoms with E-state index in [1.54, 1.807) is 17.0 Å². The molecule has 1 N–H and O–H groups in total. The van der Waals surface area contributed by atoms with E-state index in [4.69, 9.17) is 4.74 Å². The van der Waals surface area contributed by atoms with Gasteiger partial charge in [0.25, 0.3) is 0 Å². The summed E-state index contributed by atoms with van der Waals surface area (Å²) in [4.78, 5) is 47.9. The van der Waals surface area contributed by atoms with E-state index in [9.17, 15) is 18.8 Å². The van der Waals surface area contributed by atoms with E-state index >= 15 is 0 Å². The second kappa shape index (κ2) is 14.1. The van der Waals surface area contributed by atoms with Crippen LogP contribution < -0.4 is 10.2 Å². The maximum atomic E-state index is 13.9. The van der Waals surface area contributed by atoms with Crippen LogP contribution in [0.15, 0.2) is 75.7 Å². The number of piperidine rings is 1. The predicted octanol–water partition coefficient (Wildman–Crippen LogP) is 6.65. The number of likely N-dealkylation sites (tertiary alicyclic amines) is 1. The SMILES string of the molecule is O=CC[C@@]1(N2CCN(c3ccc(F)cc3)CC2)C[C@H](N2CCc3ccccc3NC2=O)CCN1C(=O)OCc1ccc(Br)c(Br)c1. The lowest BCUT2D eigenvalue weighted by Gasteiger charge is -2.56. The Hall–Kier alpha value is -3.48. The Kier molecular flexibility index (Phi) is 9.95. The number of halogens is 3. The van der Waals surface area contributed by atoms with Crippen molar-refractivity contribution in [2.45, 2.75) is 44.0 Å². The van der Waals surface area contributed by atoms with E-state index in [2.05, 4.69) is 47.0 Å². The van der Waals surface area contributed by atoms with Gasteiger partial charge in [-0.3, -0.25) is 9.80 Å². The van der Waals surface area contributed by atoms with Crippen molar-refractivity contribution in [3.8, 4) is 0 Å². The number of piperazine rings is 1. The molecule has 12 heteroatoms. The van der Waals surface area contributed by atoms with E-state index in [1.165, 1.54) is 12.1 Å². The van der Waals surface area contributed by atoms with Crippen LogP contribution in [0.2, 0.25) is 0 Å². The summed E-state index contributed by atoms with van der Waals surface area (Å²) in [5, 5.41) is 3.08. The summed E-state index contributed by atoms with van der Waals surface area (Å²) in [5.41, 5.74) is 2.65. The fraction of sp³-hybridized carbons (Fsp3) is 0.382. The monoisotopic (exact) mass is 755 g/mol. The summed E-state index contributed by atoms with van der Waals surface area (Å²) in [5.74, 6) is -0.286. The fourth-order valence-electron chi connectivity index (χ4n) is 6.98. The van der Waals surface area contributed by atoms with Crippen LogP contribution >= 0.6 is 31.9 Å². The van der Waals surface area contributed by atoms with Crippen molar-refractivity contribution >= 4 is 61.6 Å². The molecule has 2 atom stereocenters. The molecule has 2 fully saturated rings. The minimum absolute atomic E-state index is 0.0763. The van der Waals surface area contributed by atoms with Crippen molar-refractivity contribution in [1.29, 1.82) is 0 Å². The van der Waals surface area contributed by atoms with Crippen molar-refractivity contribution in [3.63, 3.8) is 0 Å². The smallest absolute Gasteiger partial charge is 0.411 e. The Labute approximate surface area is 284 Å². The zero-order valence-electron chi connectivity index (χ0n) is 25.3. The summed E-state index contributed by atoms with van der Waals surface area (Å²) in [6.45, 7) is 3.34. The molecular formula is C34H36Br2FN5O4. The molecule has 3 amide bonds. The van der Waals surface area contributed by atoms with Crippen molar-refractivity contribution in [2.24, 2.45) is 0 Å². The highest BCUT2D eigenvalue weighted by Gasteiger charge is 2.51. The zero-order valence-corrected chi connectivity index (χ0v) is 28.5. The molecule has 0 unspecified atom stereocenters. The van der Waals surface area contributed by atoms with Gasteiger partial charge in [0.05, 0.1) is 0 Å². The summed E-state index contributed by atoms with van der Waals surface area (Å²) in [7, 11) is 0. The van der Waals surface area contributed by atoms with Gasteiger partial charge < -0.3 is 24.6 Å². The van der Waals surface area contributed by atoms with Crippen LogP contribution in [0, 0.1) is 5.82 Å². The second-order valence-corrected chi connectivity index (χ2v) is 13.6. The Balaban J connectivity index is 1.26. The lowest BCUT2D eigenvalue weighted by molar-refractivity contribution is -0.124. The van der Waals surface area contributed by atoms with Gasteiger partial charge >= 0.3 is 12.1 Å². The van der Waals surface area contributed by atoms with Crippen molar-refractivity contribution < 1.29 is 23.5 Å². The number of para-hydroxylation sites is 1. The van der Waals surface area contributed by atoms with Crippen molar-refractivity contribution in [1.82, 2.24) is 14.7 Å². The molecule has 2 saturated heterocycles. The largest absolute Gasteiger partial charge is 0.445 e. The Morgan fingerprint density at radius 1 is 0.978 bits per heavy atom. The minimum atomic E-state index is -0.990. The number of hydrogen-bond acceptors (Lipinski definition) is 6. The van der Waals surface area contributed by atoms with Gasteiger partial charge in [-0.1, -0.05) is 24.3 Å². The Morgan fingerprint density at radius 3 is 2.48 bits per heavy atom. The number of fused-ring (bicyclic) bond motifs is 1. The van der Waals surface area contributed by atoms with Gasteiger partial charge in [0.15, 0.2) is 0 Å². The average Bonchev–Trinajstić information content (AvgIpc) is 3.23. The van der Waals surface area contributed by atoms with Gasteiger partial charge in [0.2, 0.25) is 0 Å². The number of anilines is 2. The van der Waals surface area contributed by atoms with Gasteiger partial charge in [-0.2, -0.15) is 0 Å². The van der Waals surface area contributed by atoms with E-state index in [-0.39, 0.29) is 30.9 Å². The van der Waals surface area contributed by atoms with Crippen molar-refractivity contribution in [3.05, 3.63) is 92.6 Å². The predicted molar refractivity (Wildman–Crippen MR) is 181 cm³/mol. The molecule has 0 aliphatic carbocycles. The molecule has 6 rings (SSSR count). The highest BCUT2D eigenvalue weighted by Crippen LogP contribution is 2.39. The molecule has 0 radical (unpaired) electrons. The van der Waals surface area contributed by atoms with E-state index < -0.39 is 11.8 Å². The lowest BCUT2D eigenvalue weighted by Crippen LogP contribution is -2.71. The van der Waals surface area contributed by atoms with Gasteiger partial charge in [0.1, 0.15) is 24.4 Å². The molecule has 3 aliphatic heterocycles. The Morgan fingerprint density at radius 2 is 1.74 bits per heavy atom. The molecule has 3 aromatic carbocycles. The van der Waals surface area contributed by atoms with Crippen LogP contribution in [0.1, 0.15) is 30.4 Å². The van der Waals surface area contributed by atoms with E-state index in [0.29, 0.717) is 58.5 Å². The molecule has 46 heavy (non-hydrogen) atoms. The number of nitrogens with one attached hydrogen (secondary N) is 1. The standard InChI is InChI=1S/C34H36Br2FN5O4/c35-29-10-5-24(21-30(29)36)23-46-33(45)42-15-12-28(41-14-11-25-3-1-2-4-31(25)38-32(41)44)22-34(42,13-20-43)40-18-16-39(17-19-40)27-8-6-26(37)7-9-27/h1-10,20-21,28H,11-19,22-23H2,(H,38,44)/t28-,34+/m1/s1. The third kappa shape index (κ3) is 6.79.